The minimum Gasteiger partial charge on any atom is -0.382 e. The molecule has 2 rings (SSSR count). The molecule has 2 fully saturated rings. The summed E-state index contributed by atoms with van der Waals surface area (Å²) >= 11 is 0. The Bertz CT molecular complexity index is 529. The van der Waals surface area contributed by atoms with Gasteiger partial charge in [0.05, 0.1) is 19.8 Å². The minimum atomic E-state index is -3.79. The van der Waals surface area contributed by atoms with Crippen molar-refractivity contribution in [1.82, 2.24) is 4.72 Å². The average Bonchev–Trinajstić information content (AvgIpc) is 3.31. The first-order valence-electron chi connectivity index (χ1n) is 6.86. The second-order valence-electron chi connectivity index (χ2n) is 5.75. The fourth-order valence-electron chi connectivity index (χ4n) is 2.22. The first-order chi connectivity index (χ1) is 9.81. The second kappa shape index (κ2) is 5.68. The molecule has 0 heterocycles. The second-order valence-corrected chi connectivity index (χ2v) is 7.83. The number of sulfonamides is 1. The summed E-state index contributed by atoms with van der Waals surface area (Å²) in [5.74, 6) is -0.823. The molecule has 8 heteroatoms. The van der Waals surface area contributed by atoms with Gasteiger partial charge in [-0.2, -0.15) is 0 Å². The van der Waals surface area contributed by atoms with Crippen LogP contribution in [0.4, 0.5) is 0 Å². The van der Waals surface area contributed by atoms with Crippen LogP contribution >= 0.6 is 0 Å². The van der Waals surface area contributed by atoms with Crippen LogP contribution in [0.2, 0.25) is 0 Å². The molecule has 0 aromatic rings. The summed E-state index contributed by atoms with van der Waals surface area (Å²) in [4.78, 5) is 12.0. The largest absolute Gasteiger partial charge is 0.382 e. The lowest BCUT2D eigenvalue weighted by atomic mass is 10.2. The summed E-state index contributed by atoms with van der Waals surface area (Å²) in [6.45, 7) is 4.35. The fourth-order valence-corrected chi connectivity index (χ4v) is 3.74. The monoisotopic (exact) mass is 318 g/mol. The lowest BCUT2D eigenvalue weighted by molar-refractivity contribution is -0.121. The van der Waals surface area contributed by atoms with Crippen LogP contribution in [0.5, 0.6) is 0 Å². The van der Waals surface area contributed by atoms with Crippen molar-refractivity contribution in [2.45, 2.75) is 29.5 Å². The third-order valence-electron chi connectivity index (χ3n) is 4.17. The van der Waals surface area contributed by atoms with E-state index in [0.717, 1.165) is 0 Å². The summed E-state index contributed by atoms with van der Waals surface area (Å²) < 4.78 is 35.9. The van der Waals surface area contributed by atoms with E-state index in [4.69, 9.17) is 15.2 Å². The van der Waals surface area contributed by atoms with Crippen LogP contribution < -0.4 is 10.5 Å². The molecule has 2 aliphatic rings. The predicted octanol–water partition coefficient (Wildman–Crippen LogP) is -0.469. The van der Waals surface area contributed by atoms with E-state index in [0.29, 0.717) is 32.5 Å². The highest BCUT2D eigenvalue weighted by atomic mass is 32.2. The van der Waals surface area contributed by atoms with Gasteiger partial charge in [-0.05, 0) is 19.3 Å². The number of hydrogen-bond acceptors (Lipinski definition) is 6. The molecular weight excluding hydrogens is 296 g/mol. The van der Waals surface area contributed by atoms with Crippen LogP contribution in [-0.2, 0) is 24.3 Å². The van der Waals surface area contributed by atoms with Crippen LogP contribution in [0.25, 0.3) is 0 Å². The normalized spacial score (nSPS) is 29.7. The van der Waals surface area contributed by atoms with Gasteiger partial charge < -0.3 is 15.2 Å². The van der Waals surface area contributed by atoms with E-state index in [2.05, 4.69) is 11.3 Å². The molecule has 0 aliphatic heterocycles. The summed E-state index contributed by atoms with van der Waals surface area (Å²) in [6, 6.07) is 0. The third-order valence-corrected chi connectivity index (χ3v) is 6.29. The number of carbonyl (C=O) groups excluding carboxylic acids is 1. The smallest absolute Gasteiger partial charge is 0.254 e. The Kier molecular flexibility index (Phi) is 4.44. The van der Waals surface area contributed by atoms with Crippen molar-refractivity contribution >= 4 is 15.9 Å². The predicted molar refractivity (Wildman–Crippen MR) is 76.9 cm³/mol. The molecule has 21 heavy (non-hydrogen) atoms. The molecule has 2 atom stereocenters. The lowest BCUT2D eigenvalue weighted by Crippen LogP contribution is -2.50. The van der Waals surface area contributed by atoms with Gasteiger partial charge in [0.15, 0.2) is 0 Å². The van der Waals surface area contributed by atoms with E-state index in [9.17, 15) is 13.2 Å². The number of rotatable bonds is 9. The van der Waals surface area contributed by atoms with Crippen molar-refractivity contribution in [3.8, 4) is 0 Å². The SMILES string of the molecule is C=CC1CC1(N)C(=O)NS(=O)(=O)C1(COCCOC)CC1. The molecule has 0 aromatic carbocycles. The summed E-state index contributed by atoms with van der Waals surface area (Å²) in [5.41, 5.74) is 4.72. The van der Waals surface area contributed by atoms with Gasteiger partial charge in [0.2, 0.25) is 10.0 Å². The van der Waals surface area contributed by atoms with Crippen molar-refractivity contribution in [3.63, 3.8) is 0 Å². The maximum Gasteiger partial charge on any atom is 0.254 e. The van der Waals surface area contributed by atoms with Crippen molar-refractivity contribution in [1.29, 1.82) is 0 Å². The molecule has 3 N–H and O–H groups in total. The molecule has 0 spiro atoms. The molecular formula is C13H22N2O5S. The average molecular weight is 318 g/mol. The highest BCUT2D eigenvalue weighted by molar-refractivity contribution is 7.91. The molecule has 2 aliphatic carbocycles. The maximum atomic E-state index is 12.3. The Morgan fingerprint density at radius 3 is 2.62 bits per heavy atom. The Balaban J connectivity index is 1.93. The molecule has 1 amide bonds. The highest BCUT2D eigenvalue weighted by Crippen LogP contribution is 2.45. The van der Waals surface area contributed by atoms with Crippen LogP contribution in [0, 0.1) is 5.92 Å². The number of nitrogens with two attached hydrogens (primary N) is 1. The number of methoxy groups -OCH3 is 1. The molecule has 0 bridgehead atoms. The topological polar surface area (TPSA) is 108 Å². The van der Waals surface area contributed by atoms with Gasteiger partial charge in [0.1, 0.15) is 10.3 Å². The minimum absolute atomic E-state index is 0.0570. The van der Waals surface area contributed by atoms with E-state index >= 15 is 0 Å². The number of carbonyl (C=O) groups is 1. The van der Waals surface area contributed by atoms with E-state index in [-0.39, 0.29) is 12.5 Å². The van der Waals surface area contributed by atoms with Gasteiger partial charge in [-0.1, -0.05) is 6.08 Å². The highest BCUT2D eigenvalue weighted by Gasteiger charge is 2.60. The van der Waals surface area contributed by atoms with Crippen molar-refractivity contribution < 1.29 is 22.7 Å². The Hall–Kier alpha value is -0.960. The third kappa shape index (κ3) is 3.13. The van der Waals surface area contributed by atoms with Crippen LogP contribution in [-0.4, -0.2) is 51.5 Å². The van der Waals surface area contributed by atoms with E-state index in [1.165, 1.54) is 0 Å². The lowest BCUT2D eigenvalue weighted by Gasteiger charge is -2.19. The Morgan fingerprint density at radius 2 is 2.14 bits per heavy atom. The van der Waals surface area contributed by atoms with E-state index < -0.39 is 26.2 Å². The van der Waals surface area contributed by atoms with Crippen molar-refractivity contribution in [2.24, 2.45) is 11.7 Å². The van der Waals surface area contributed by atoms with Gasteiger partial charge in [-0.15, -0.1) is 6.58 Å². The van der Waals surface area contributed by atoms with Gasteiger partial charge >= 0.3 is 0 Å². The molecule has 2 saturated carbocycles. The first-order valence-corrected chi connectivity index (χ1v) is 8.34. The number of nitrogens with one attached hydrogen (secondary N) is 1. The molecule has 0 radical (unpaired) electrons. The zero-order chi connectivity index (χ0) is 15.7. The van der Waals surface area contributed by atoms with Gasteiger partial charge in [0, 0.05) is 13.0 Å². The van der Waals surface area contributed by atoms with Crippen molar-refractivity contribution in [2.75, 3.05) is 26.9 Å². The van der Waals surface area contributed by atoms with Crippen LogP contribution in [0.1, 0.15) is 19.3 Å². The summed E-state index contributed by atoms with van der Waals surface area (Å²) in [6.07, 6.45) is 2.96. The zero-order valence-electron chi connectivity index (χ0n) is 12.1. The molecule has 120 valence electrons. The number of hydrogen-bond donors (Lipinski definition) is 2. The zero-order valence-corrected chi connectivity index (χ0v) is 12.9. The quantitative estimate of drug-likeness (QED) is 0.440. The molecule has 7 nitrogen and oxygen atoms in total. The number of ether oxygens (including phenoxy) is 2. The molecule has 2 unspecified atom stereocenters. The maximum absolute atomic E-state index is 12.3. The first kappa shape index (κ1) is 16.4. The standard InChI is InChI=1S/C13H22N2O5S/c1-3-10-8-13(10,14)11(16)15-21(17,18)12(4-5-12)9-20-7-6-19-2/h3,10H,1,4-9,14H2,2H3,(H,15,16). The van der Waals surface area contributed by atoms with Gasteiger partial charge in [-0.3, -0.25) is 9.52 Å². The fraction of sp³-hybridized carbons (Fsp3) is 0.769. The Labute approximate surface area is 124 Å². The van der Waals surface area contributed by atoms with Gasteiger partial charge in [-0.25, -0.2) is 8.42 Å². The van der Waals surface area contributed by atoms with E-state index in [1.54, 1.807) is 13.2 Å². The summed E-state index contributed by atoms with van der Waals surface area (Å²) in [5, 5.41) is 0. The summed E-state index contributed by atoms with van der Waals surface area (Å²) in [7, 11) is -2.25. The molecule has 0 aromatic heterocycles. The molecule has 0 saturated heterocycles. The Morgan fingerprint density at radius 1 is 1.48 bits per heavy atom. The van der Waals surface area contributed by atoms with E-state index in [1.807, 2.05) is 0 Å². The number of amides is 1. The van der Waals surface area contributed by atoms with Crippen molar-refractivity contribution in [3.05, 3.63) is 12.7 Å². The van der Waals surface area contributed by atoms with Gasteiger partial charge in [0.25, 0.3) is 5.91 Å². The van der Waals surface area contributed by atoms with Crippen LogP contribution in [0.3, 0.4) is 0 Å². The van der Waals surface area contributed by atoms with Crippen LogP contribution in [0.15, 0.2) is 12.7 Å².